The monoisotopic (exact) mass is 1750 g/mol. The molecule has 2 unspecified atom stereocenters. The van der Waals surface area contributed by atoms with Gasteiger partial charge in [0.15, 0.2) is 156 Å². The van der Waals surface area contributed by atoms with Gasteiger partial charge < -0.3 is 19.9 Å². The number of nitrogens with zero attached hydrogens (tertiary/aromatic N) is 3. The molecule has 0 spiro atoms. The number of aromatic nitrogens is 3. The average molecular weight is 1760 g/mol. The Morgan fingerprint density at radius 1 is 0.270 bits per heavy atom. The Labute approximate surface area is 680 Å². The zero-order valence-corrected chi connectivity index (χ0v) is 61.0. The molecule has 3 aromatic heterocycles. The van der Waals surface area contributed by atoms with Gasteiger partial charge in [-0.1, -0.05) is 127 Å². The third-order valence-electron chi connectivity index (χ3n) is 23.5. The Balaban J connectivity index is 1.14. The molecule has 10 heterocycles. The topological polar surface area (TPSA) is 107 Å². The number of aliphatic imine (C=N–C) groups is 2. The molecule has 8 nitrogen and oxygen atoms in total. The van der Waals surface area contributed by atoms with Crippen LogP contribution in [0.25, 0.3) is 99.9 Å². The van der Waals surface area contributed by atoms with Crippen molar-refractivity contribution in [3.8, 4) is 33.6 Å². The fourth-order valence-corrected chi connectivity index (χ4v) is 18.3. The van der Waals surface area contributed by atoms with Crippen molar-refractivity contribution in [2.24, 2.45) is 9.98 Å². The second kappa shape index (κ2) is 26.3. The van der Waals surface area contributed by atoms with Crippen LogP contribution in [0.1, 0.15) is 93.4 Å². The van der Waals surface area contributed by atoms with Crippen LogP contribution in [0.5, 0.6) is 0 Å². The van der Waals surface area contributed by atoms with E-state index in [9.17, 15) is 0 Å². The number of aromatic amines is 2. The Morgan fingerprint density at radius 2 is 0.611 bits per heavy atom. The number of ketones is 2. The minimum atomic E-state index is -4.83. The van der Waals surface area contributed by atoms with Crippen LogP contribution in [0, 0.1) is 163 Å². The molecule has 2 atom stereocenters. The summed E-state index contributed by atoms with van der Waals surface area (Å²) in [6, 6.07) is 17.7. The largest absolute Gasteiger partial charge is 0.363 e. The molecule has 0 radical (unpaired) electrons. The molecule has 36 heteroatoms. The molecule has 22 rings (SSSR count). The number of fused-ring (bicyclic) bond motifs is 21. The standard InChI is InChI=1S/C90H26F28N6O2/c91-48-37-24-21-22-35-36(23-24)83-45-41-54(97)65(108)74(117)75(118)84(41)124(83)90(88(35)126,47-57(100)68(111)73(116)69(112)58(47)101)86-33-19-9-6-16-30(33)80(122-86)44(40-52(95)63(106)71(114)64(107)53(40)96)77-26-12-2-1-11-25(26)76(119-77)42(38(37)49(92)60(103)59(48)102)82-31-17-7-10-20-34(31)87(125)89(123-82,46-55(98)66(109)72(115)67(110)56(46)99)85-32-18-8-5-15-29(32)79(121-85)43(39-50(93)61(104)70(113)62(105)51(39)94)78-27-13-3-4-14-28(27)81(45)120-78/h1-23,119-120,123H/b79-43-,80-44-,82-42?. The van der Waals surface area contributed by atoms with Crippen LogP contribution in [0.2, 0.25) is 0 Å². The lowest BCUT2D eigenvalue weighted by molar-refractivity contribution is 0.0895. The van der Waals surface area contributed by atoms with Crippen LogP contribution in [0.3, 0.4) is 0 Å². The fraction of sp³-hybridized carbons (Fsp3) is 0.0222. The highest BCUT2D eigenvalue weighted by Gasteiger charge is 2.62. The maximum absolute atomic E-state index is 19.5. The van der Waals surface area contributed by atoms with Gasteiger partial charge in [-0.3, -0.25) is 9.59 Å². The van der Waals surface area contributed by atoms with Gasteiger partial charge in [0.05, 0.1) is 90.1 Å². The third-order valence-corrected chi connectivity index (χ3v) is 23.5. The van der Waals surface area contributed by atoms with E-state index in [1.165, 1.54) is 0 Å². The zero-order chi connectivity index (χ0) is 88.9. The molecule has 7 aliphatic rings. The molecule has 0 amide bonds. The number of rotatable bonds is 4. The van der Waals surface area contributed by atoms with Crippen LogP contribution in [0.15, 0.2) is 150 Å². The van der Waals surface area contributed by atoms with Gasteiger partial charge in [0.2, 0.25) is 29.1 Å². The summed E-state index contributed by atoms with van der Waals surface area (Å²) in [7, 11) is 0. The molecular formula is C90H26F28N6O2. The van der Waals surface area contributed by atoms with Gasteiger partial charge in [-0.05, 0) is 17.7 Å². The number of carbonyl (C=O) groups is 2. The summed E-state index contributed by atoms with van der Waals surface area (Å²) < 4.78 is 493. The summed E-state index contributed by atoms with van der Waals surface area (Å²) in [6.07, 6.45) is 0. The molecule has 0 saturated carbocycles. The van der Waals surface area contributed by atoms with Crippen LogP contribution in [-0.2, 0) is 11.1 Å². The number of hydrogen-bond acceptors (Lipinski definition) is 5. The molecule has 126 heavy (non-hydrogen) atoms. The molecule has 624 valence electrons. The van der Waals surface area contributed by atoms with Gasteiger partial charge in [-0.15, -0.1) is 0 Å². The summed E-state index contributed by atoms with van der Waals surface area (Å²) in [5.74, 6) is -88.3. The van der Waals surface area contributed by atoms with Crippen LogP contribution in [0.4, 0.5) is 123 Å². The van der Waals surface area contributed by atoms with Crippen LogP contribution in [-0.4, -0.2) is 37.5 Å². The average Bonchev–Trinajstić information content (AvgIpc) is 1.47. The third kappa shape index (κ3) is 9.39. The number of carbonyl (C=O) groups excluding carboxylic acids is 2. The first-order valence-corrected chi connectivity index (χ1v) is 36.4. The van der Waals surface area contributed by atoms with E-state index in [1.807, 2.05) is 0 Å². The van der Waals surface area contributed by atoms with Gasteiger partial charge in [0.1, 0.15) is 0 Å². The minimum absolute atomic E-state index is 0.280. The Hall–Kier alpha value is -15.0. The molecule has 15 aromatic rings. The smallest absolute Gasteiger partial charge is 0.200 e. The molecule has 7 aliphatic heterocycles. The van der Waals surface area contributed by atoms with E-state index in [0.29, 0.717) is 24.3 Å². The van der Waals surface area contributed by atoms with Crippen molar-refractivity contribution in [2.45, 2.75) is 11.1 Å². The van der Waals surface area contributed by atoms with Crippen molar-refractivity contribution in [3.05, 3.63) is 386 Å². The van der Waals surface area contributed by atoms with Crippen molar-refractivity contribution in [2.75, 3.05) is 0 Å². The molecule has 0 aliphatic carbocycles. The number of nitrogens with one attached hydrogen (secondary N) is 3. The van der Waals surface area contributed by atoms with Gasteiger partial charge in [0, 0.05) is 99.5 Å². The highest BCUT2D eigenvalue weighted by atomic mass is 19.2. The Morgan fingerprint density at radius 3 is 1.09 bits per heavy atom. The van der Waals surface area contributed by atoms with Crippen LogP contribution < -0.4 is 5.32 Å². The van der Waals surface area contributed by atoms with E-state index in [2.05, 4.69) is 25.3 Å². The first-order valence-electron chi connectivity index (χ1n) is 36.4. The van der Waals surface area contributed by atoms with Gasteiger partial charge >= 0.3 is 0 Å². The second-order valence-electron chi connectivity index (χ2n) is 29.4. The number of H-pyrrole nitrogens is 2. The van der Waals surface area contributed by atoms with Crippen LogP contribution >= 0.6 is 0 Å². The van der Waals surface area contributed by atoms with E-state index >= 15 is 133 Å². The highest BCUT2D eigenvalue weighted by Crippen LogP contribution is 2.62. The van der Waals surface area contributed by atoms with E-state index in [1.54, 1.807) is 0 Å². The molecule has 0 fully saturated rings. The van der Waals surface area contributed by atoms with Crippen molar-refractivity contribution >= 4 is 89.2 Å². The number of halogens is 28. The lowest BCUT2D eigenvalue weighted by atomic mass is 9.70. The normalized spacial score (nSPS) is 17.7. The fourth-order valence-electron chi connectivity index (χ4n) is 18.3. The van der Waals surface area contributed by atoms with Gasteiger partial charge in [-0.2, -0.15) is 0 Å². The Bertz CT molecular complexity index is 7930. The molecular weight excluding hydrogens is 1730 g/mol. The summed E-state index contributed by atoms with van der Waals surface area (Å²) in [5.41, 5.74) is -57.5. The Kier molecular flexibility index (Phi) is 16.3. The highest BCUT2D eigenvalue weighted by molar-refractivity contribution is 6.37. The molecule has 12 aromatic carbocycles. The summed E-state index contributed by atoms with van der Waals surface area (Å²) in [4.78, 5) is 48.7. The zero-order valence-electron chi connectivity index (χ0n) is 61.0. The first kappa shape index (κ1) is 78.3. The minimum Gasteiger partial charge on any atom is -0.363 e. The van der Waals surface area contributed by atoms with Gasteiger partial charge in [-0.25, -0.2) is 133 Å². The second-order valence-corrected chi connectivity index (χ2v) is 29.4. The van der Waals surface area contributed by atoms with Crippen molar-refractivity contribution < 1.29 is 133 Å². The van der Waals surface area contributed by atoms with E-state index in [0.717, 1.165) is 103 Å². The lowest BCUT2D eigenvalue weighted by Crippen LogP contribution is -2.58. The molecule has 3 N–H and O–H groups in total. The summed E-state index contributed by atoms with van der Waals surface area (Å²) in [6.45, 7) is 0. The first-order chi connectivity index (χ1) is 60.1. The maximum atomic E-state index is 19.5. The van der Waals surface area contributed by atoms with E-state index in [-0.39, 0.29) is 16.7 Å². The van der Waals surface area contributed by atoms with E-state index < -0.39 is 381 Å². The van der Waals surface area contributed by atoms with E-state index in [4.69, 9.17) is 0 Å². The quantitative estimate of drug-likeness (QED) is 0.0928. The summed E-state index contributed by atoms with van der Waals surface area (Å²) >= 11 is 0. The number of Topliss-reactive ketones (excluding diaryl/α,β-unsaturated/α-hetero) is 2. The predicted octanol–water partition coefficient (Wildman–Crippen LogP) is 23.5. The lowest BCUT2D eigenvalue weighted by Gasteiger charge is -2.42. The van der Waals surface area contributed by atoms with Gasteiger partial charge in [0.25, 0.3) is 0 Å². The molecule has 15 bridgehead atoms. The van der Waals surface area contributed by atoms with Crippen molar-refractivity contribution in [1.82, 2.24) is 19.9 Å². The van der Waals surface area contributed by atoms with Crippen molar-refractivity contribution in [3.63, 3.8) is 0 Å². The maximum Gasteiger partial charge on any atom is 0.200 e. The molecule has 0 saturated heterocycles. The van der Waals surface area contributed by atoms with Crippen molar-refractivity contribution in [1.29, 1.82) is 0 Å². The summed E-state index contributed by atoms with van der Waals surface area (Å²) in [5, 5.41) is -3.21. The predicted molar refractivity (Wildman–Crippen MR) is 394 cm³/mol. The number of benzene rings is 12. The number of hydrogen-bond donors (Lipinski definition) is 3. The SMILES string of the molecule is O=C1c2ccccc2C2=C3c4c(F)c(F)c(F)c(F)c4-c4ccc5c(c4)-c4c(c6c(F)c(F)c(F)c(F)c6n4C(c4c(F)c(F)c(F)c(F)c4F)(C5=O)C4=N/C(=C(/c5c(F)c(F)c(F)c(F)c5F)c5[nH]c3c3ccccc53)c3ccccc34)-c3[nH]c(c4ccccc34)/C(c3c(F)c(F)c(F)c(F)c3F)=C3\N=C(c4ccccc43)C1(c1c(F)c(F)c(F)c(F)c1F)N2.